The van der Waals surface area contributed by atoms with E-state index in [0.29, 0.717) is 23.8 Å². The van der Waals surface area contributed by atoms with Gasteiger partial charge in [-0.05, 0) is 31.7 Å². The van der Waals surface area contributed by atoms with Gasteiger partial charge in [0.15, 0.2) is 11.6 Å². The van der Waals surface area contributed by atoms with Gasteiger partial charge in [0.2, 0.25) is 5.95 Å². The first kappa shape index (κ1) is 28.8. The van der Waals surface area contributed by atoms with Gasteiger partial charge in [0.05, 0.1) is 20.8 Å². The minimum Gasteiger partial charge on any atom is -0.496 e. The smallest absolute Gasteiger partial charge is 0.420 e. The van der Waals surface area contributed by atoms with E-state index in [0.717, 1.165) is 39.1 Å². The van der Waals surface area contributed by atoms with Gasteiger partial charge in [0.1, 0.15) is 23.1 Å². The SMILES string of the molecule is COc1cc(OC)cc(OC(=O)N(C)c2ccnc(Nc3ccc(OCCCN4CCN(C)CC4)c(F)c3)n2)c1. The number of nitrogens with one attached hydrogen (secondary N) is 1. The zero-order valence-electron chi connectivity index (χ0n) is 23.2. The number of likely N-dealkylation sites (N-methyl/N-ethyl adjacent to an activating group) is 1. The Bertz CT molecular complexity index is 1270. The average Bonchev–Trinajstić information content (AvgIpc) is 2.96. The fourth-order valence-electron chi connectivity index (χ4n) is 4.07. The maximum Gasteiger partial charge on any atom is 0.420 e. The van der Waals surface area contributed by atoms with E-state index >= 15 is 0 Å². The van der Waals surface area contributed by atoms with Crippen LogP contribution in [0.25, 0.3) is 0 Å². The molecule has 0 atom stereocenters. The largest absolute Gasteiger partial charge is 0.496 e. The summed E-state index contributed by atoms with van der Waals surface area (Å²) in [6, 6.07) is 10.9. The molecule has 0 radical (unpaired) electrons. The van der Waals surface area contributed by atoms with Gasteiger partial charge in [0, 0.05) is 75.9 Å². The van der Waals surface area contributed by atoms with E-state index in [1.165, 1.54) is 38.4 Å². The first-order chi connectivity index (χ1) is 19.3. The minimum absolute atomic E-state index is 0.181. The molecule has 12 heteroatoms. The Morgan fingerprint density at radius 3 is 2.40 bits per heavy atom. The number of methoxy groups -OCH3 is 2. The molecule has 11 nitrogen and oxygen atoms in total. The molecule has 1 amide bonds. The topological polar surface area (TPSA) is 102 Å². The molecule has 40 heavy (non-hydrogen) atoms. The lowest BCUT2D eigenvalue weighted by molar-refractivity contribution is 0.145. The summed E-state index contributed by atoms with van der Waals surface area (Å²) in [4.78, 5) is 27.2. The summed E-state index contributed by atoms with van der Waals surface area (Å²) in [6.07, 6.45) is 1.63. The molecule has 0 unspecified atom stereocenters. The molecule has 2 aromatic carbocycles. The Kier molecular flexibility index (Phi) is 9.92. The summed E-state index contributed by atoms with van der Waals surface area (Å²) >= 11 is 0. The molecular weight excluding hydrogens is 519 g/mol. The fraction of sp³-hybridized carbons (Fsp3) is 0.393. The van der Waals surface area contributed by atoms with Gasteiger partial charge in [-0.2, -0.15) is 4.98 Å². The van der Waals surface area contributed by atoms with Crippen LogP contribution in [0.4, 0.5) is 26.6 Å². The third-order valence-electron chi connectivity index (χ3n) is 6.45. The first-order valence-electron chi connectivity index (χ1n) is 13.0. The number of rotatable bonds is 11. The van der Waals surface area contributed by atoms with Crippen LogP contribution >= 0.6 is 0 Å². The number of hydrogen-bond donors (Lipinski definition) is 1. The Hall–Kier alpha value is -4.16. The van der Waals surface area contributed by atoms with Crippen LogP contribution in [-0.2, 0) is 0 Å². The zero-order valence-corrected chi connectivity index (χ0v) is 23.2. The number of nitrogens with zero attached hydrogens (tertiary/aromatic N) is 5. The molecule has 0 aliphatic carbocycles. The molecular formula is C28H35FN6O5. The summed E-state index contributed by atoms with van der Waals surface area (Å²) in [5.74, 6) is 1.36. The number of hydrogen-bond acceptors (Lipinski definition) is 10. The van der Waals surface area contributed by atoms with Crippen LogP contribution in [0.2, 0.25) is 0 Å². The van der Waals surface area contributed by atoms with Crippen molar-refractivity contribution >= 4 is 23.5 Å². The molecule has 4 rings (SSSR count). The van der Waals surface area contributed by atoms with Gasteiger partial charge in [-0.25, -0.2) is 14.2 Å². The van der Waals surface area contributed by atoms with E-state index in [1.54, 1.807) is 36.4 Å². The van der Waals surface area contributed by atoms with Crippen LogP contribution in [0.5, 0.6) is 23.0 Å². The fourth-order valence-corrected chi connectivity index (χ4v) is 4.07. The summed E-state index contributed by atoms with van der Waals surface area (Å²) in [7, 11) is 6.65. The second kappa shape index (κ2) is 13.8. The van der Waals surface area contributed by atoms with E-state index in [-0.39, 0.29) is 23.3 Å². The van der Waals surface area contributed by atoms with Crippen LogP contribution in [-0.4, -0.2) is 93.5 Å². The number of ether oxygens (including phenoxy) is 4. The van der Waals surface area contributed by atoms with Gasteiger partial charge in [0.25, 0.3) is 0 Å². The van der Waals surface area contributed by atoms with E-state index in [1.807, 2.05) is 0 Å². The second-order valence-corrected chi connectivity index (χ2v) is 9.33. The highest BCUT2D eigenvalue weighted by molar-refractivity contribution is 5.87. The Morgan fingerprint density at radius 2 is 1.73 bits per heavy atom. The van der Waals surface area contributed by atoms with Crippen LogP contribution in [0, 0.1) is 5.82 Å². The zero-order chi connectivity index (χ0) is 28.5. The number of carbonyl (C=O) groups is 1. The molecule has 1 saturated heterocycles. The van der Waals surface area contributed by atoms with Crippen molar-refractivity contribution in [1.82, 2.24) is 19.8 Å². The Labute approximate surface area is 233 Å². The average molecular weight is 555 g/mol. The summed E-state index contributed by atoms with van der Waals surface area (Å²) in [5, 5.41) is 2.96. The lowest BCUT2D eigenvalue weighted by Gasteiger charge is -2.32. The standard InChI is InChI=1S/C28H35FN6O5/c1-33-11-13-35(14-12-33)10-5-15-39-25-7-6-20(16-24(25)29)31-27-30-9-8-26(32-27)34(2)28(36)40-23-18-21(37-3)17-22(19-23)38-4/h6-9,16-19H,5,10-15H2,1-4H3,(H,30,31,32). The van der Waals surface area contributed by atoms with Gasteiger partial charge in [-0.3, -0.25) is 4.90 Å². The van der Waals surface area contributed by atoms with Crippen LogP contribution in [0.15, 0.2) is 48.7 Å². The lowest BCUT2D eigenvalue weighted by Crippen LogP contribution is -2.44. The predicted octanol–water partition coefficient (Wildman–Crippen LogP) is 4.03. The van der Waals surface area contributed by atoms with E-state index in [9.17, 15) is 9.18 Å². The number of amides is 1. The maximum absolute atomic E-state index is 14.7. The van der Waals surface area contributed by atoms with Crippen molar-refractivity contribution in [2.24, 2.45) is 0 Å². The number of anilines is 3. The van der Waals surface area contributed by atoms with Gasteiger partial charge in [-0.1, -0.05) is 0 Å². The van der Waals surface area contributed by atoms with Crippen molar-refractivity contribution in [1.29, 1.82) is 0 Å². The summed E-state index contributed by atoms with van der Waals surface area (Å²) < 4.78 is 36.2. The highest BCUT2D eigenvalue weighted by Gasteiger charge is 2.17. The molecule has 1 fully saturated rings. The highest BCUT2D eigenvalue weighted by Crippen LogP contribution is 2.28. The first-order valence-corrected chi connectivity index (χ1v) is 13.0. The lowest BCUT2D eigenvalue weighted by atomic mass is 10.3. The third-order valence-corrected chi connectivity index (χ3v) is 6.45. The van der Waals surface area contributed by atoms with E-state index in [2.05, 4.69) is 32.1 Å². The molecule has 2 heterocycles. The number of carbonyl (C=O) groups excluding carboxylic acids is 1. The monoisotopic (exact) mass is 554 g/mol. The second-order valence-electron chi connectivity index (χ2n) is 9.33. The summed E-state index contributed by atoms with van der Waals surface area (Å²) in [5.41, 5.74) is 0.438. The van der Waals surface area contributed by atoms with Gasteiger partial charge < -0.3 is 34.1 Å². The van der Waals surface area contributed by atoms with Crippen LogP contribution < -0.4 is 29.2 Å². The van der Waals surface area contributed by atoms with E-state index in [4.69, 9.17) is 18.9 Å². The van der Waals surface area contributed by atoms with Crippen molar-refractivity contribution in [3.63, 3.8) is 0 Å². The molecule has 1 aromatic heterocycles. The Morgan fingerprint density at radius 1 is 1.02 bits per heavy atom. The normalized spacial score (nSPS) is 13.9. The molecule has 3 aromatic rings. The predicted molar refractivity (Wildman–Crippen MR) is 150 cm³/mol. The van der Waals surface area contributed by atoms with Crippen molar-refractivity contribution < 1.29 is 28.1 Å². The van der Waals surface area contributed by atoms with Gasteiger partial charge in [-0.15, -0.1) is 0 Å². The van der Waals surface area contributed by atoms with Crippen molar-refractivity contribution in [2.45, 2.75) is 6.42 Å². The molecule has 1 N–H and O–H groups in total. The van der Waals surface area contributed by atoms with Crippen molar-refractivity contribution in [3.05, 3.63) is 54.5 Å². The molecule has 0 spiro atoms. The van der Waals surface area contributed by atoms with Crippen LogP contribution in [0.1, 0.15) is 6.42 Å². The minimum atomic E-state index is -0.680. The van der Waals surface area contributed by atoms with E-state index < -0.39 is 11.9 Å². The van der Waals surface area contributed by atoms with Crippen molar-refractivity contribution in [2.75, 3.05) is 77.9 Å². The number of piperazine rings is 1. The van der Waals surface area contributed by atoms with Crippen molar-refractivity contribution in [3.8, 4) is 23.0 Å². The quantitative estimate of drug-likeness (QED) is 0.350. The Balaban J connectivity index is 1.31. The number of aromatic nitrogens is 2. The highest BCUT2D eigenvalue weighted by atomic mass is 19.1. The van der Waals surface area contributed by atoms with Crippen LogP contribution in [0.3, 0.4) is 0 Å². The molecule has 0 saturated carbocycles. The van der Waals surface area contributed by atoms with Gasteiger partial charge >= 0.3 is 6.09 Å². The molecule has 1 aliphatic heterocycles. The number of halogens is 1. The molecule has 214 valence electrons. The molecule has 1 aliphatic rings. The molecule has 0 bridgehead atoms. The summed E-state index contributed by atoms with van der Waals surface area (Å²) in [6.45, 7) is 5.59. The third kappa shape index (κ3) is 7.93. The maximum atomic E-state index is 14.7. The number of benzene rings is 2.